The molecular formula is C19H27ClO3. The van der Waals surface area contributed by atoms with Gasteiger partial charge in [-0.1, -0.05) is 25.4 Å². The van der Waals surface area contributed by atoms with Crippen LogP contribution in [-0.4, -0.2) is 28.2 Å². The Morgan fingerprint density at radius 2 is 1.78 bits per heavy atom. The lowest BCUT2D eigenvalue weighted by molar-refractivity contribution is -0.133. The van der Waals surface area contributed by atoms with E-state index in [1.807, 2.05) is 0 Å². The summed E-state index contributed by atoms with van der Waals surface area (Å²) >= 11 is 6.48. The topological polar surface area (TPSA) is 57.5 Å². The van der Waals surface area contributed by atoms with Gasteiger partial charge < -0.3 is 10.2 Å². The monoisotopic (exact) mass is 338 g/mol. The lowest BCUT2D eigenvalue weighted by Crippen LogP contribution is -2.52. The molecule has 128 valence electrons. The summed E-state index contributed by atoms with van der Waals surface area (Å²) in [5.74, 6) is 1.25. The predicted molar refractivity (Wildman–Crippen MR) is 88.9 cm³/mol. The molecule has 3 nitrogen and oxygen atoms in total. The molecule has 4 aliphatic rings. The molecule has 4 rings (SSSR count). The van der Waals surface area contributed by atoms with Crippen LogP contribution >= 0.6 is 11.6 Å². The molecule has 4 heteroatoms. The maximum absolute atomic E-state index is 12.4. The predicted octanol–water partition coefficient (Wildman–Crippen LogP) is 3.42. The standard InChI is InChI=1S/C19H27ClO3/c1-18-8-6-13(21)17(20)12(18)4-3-10-11(18)5-7-19(2)15(23)9-14(22)16(10)19/h10-11,13-14,16,21-22H,3-9H2,1-2H3/t10-,11+,13+,14+,16-,18-,19-/m1/s1. The third-order valence-corrected chi connectivity index (χ3v) is 8.37. The summed E-state index contributed by atoms with van der Waals surface area (Å²) in [7, 11) is 0. The molecule has 0 spiro atoms. The minimum absolute atomic E-state index is 0.0336. The summed E-state index contributed by atoms with van der Waals surface area (Å²) in [6, 6.07) is 0. The Labute approximate surface area is 143 Å². The van der Waals surface area contributed by atoms with Crippen LogP contribution < -0.4 is 0 Å². The Morgan fingerprint density at radius 3 is 2.52 bits per heavy atom. The Hall–Kier alpha value is -0.380. The molecule has 0 aromatic rings. The molecule has 3 fully saturated rings. The molecule has 7 atom stereocenters. The molecule has 23 heavy (non-hydrogen) atoms. The molecule has 0 bridgehead atoms. The number of hydrogen-bond acceptors (Lipinski definition) is 3. The summed E-state index contributed by atoms with van der Waals surface area (Å²) in [5, 5.41) is 21.4. The van der Waals surface area contributed by atoms with Gasteiger partial charge in [0.15, 0.2) is 0 Å². The molecule has 4 aliphatic carbocycles. The highest BCUT2D eigenvalue weighted by Gasteiger charge is 2.62. The first-order valence-electron chi connectivity index (χ1n) is 9.07. The molecule has 0 aromatic heterocycles. The molecule has 0 unspecified atom stereocenters. The Balaban J connectivity index is 1.74. The van der Waals surface area contributed by atoms with Crippen molar-refractivity contribution in [2.75, 3.05) is 0 Å². The summed E-state index contributed by atoms with van der Waals surface area (Å²) < 4.78 is 0. The van der Waals surface area contributed by atoms with Gasteiger partial charge in [-0.15, -0.1) is 0 Å². The molecule has 0 heterocycles. The maximum Gasteiger partial charge on any atom is 0.141 e. The van der Waals surface area contributed by atoms with E-state index in [1.165, 1.54) is 5.57 Å². The van der Waals surface area contributed by atoms with E-state index in [0.717, 1.165) is 38.5 Å². The number of aliphatic hydroxyl groups is 2. The highest BCUT2D eigenvalue weighted by atomic mass is 35.5. The number of fused-ring (bicyclic) bond motifs is 5. The van der Waals surface area contributed by atoms with Crippen LogP contribution in [0.25, 0.3) is 0 Å². The van der Waals surface area contributed by atoms with Gasteiger partial charge in [-0.05, 0) is 61.3 Å². The van der Waals surface area contributed by atoms with E-state index < -0.39 is 12.2 Å². The van der Waals surface area contributed by atoms with Crippen molar-refractivity contribution in [2.24, 2.45) is 28.6 Å². The van der Waals surface area contributed by atoms with Gasteiger partial charge in [-0.3, -0.25) is 4.79 Å². The van der Waals surface area contributed by atoms with Crippen molar-refractivity contribution in [3.8, 4) is 0 Å². The van der Waals surface area contributed by atoms with Gasteiger partial charge in [0.1, 0.15) is 5.78 Å². The molecule has 0 aromatic carbocycles. The zero-order chi connectivity index (χ0) is 16.6. The molecule has 0 saturated heterocycles. The number of aliphatic hydroxyl groups excluding tert-OH is 2. The lowest BCUT2D eigenvalue weighted by atomic mass is 9.47. The van der Waals surface area contributed by atoms with E-state index in [4.69, 9.17) is 11.6 Å². The van der Waals surface area contributed by atoms with Crippen molar-refractivity contribution in [3.63, 3.8) is 0 Å². The minimum atomic E-state index is -0.496. The first-order valence-corrected chi connectivity index (χ1v) is 9.45. The highest BCUT2D eigenvalue weighted by Crippen LogP contribution is 2.65. The van der Waals surface area contributed by atoms with Crippen LogP contribution in [-0.2, 0) is 4.79 Å². The molecular weight excluding hydrogens is 312 g/mol. The van der Waals surface area contributed by atoms with Crippen LogP contribution in [0.5, 0.6) is 0 Å². The maximum atomic E-state index is 12.4. The number of rotatable bonds is 0. The van der Waals surface area contributed by atoms with Crippen molar-refractivity contribution in [3.05, 3.63) is 10.6 Å². The number of allylic oxidation sites excluding steroid dienone is 1. The van der Waals surface area contributed by atoms with Crippen LogP contribution in [0.3, 0.4) is 0 Å². The second-order valence-corrected chi connectivity index (χ2v) is 9.19. The number of halogens is 1. The second-order valence-electron chi connectivity index (χ2n) is 8.78. The van der Waals surface area contributed by atoms with Gasteiger partial charge >= 0.3 is 0 Å². The number of carbonyl (C=O) groups is 1. The van der Waals surface area contributed by atoms with E-state index in [-0.39, 0.29) is 22.5 Å². The van der Waals surface area contributed by atoms with Crippen LogP contribution in [0, 0.1) is 28.6 Å². The van der Waals surface area contributed by atoms with Gasteiger partial charge in [0.05, 0.1) is 12.2 Å². The van der Waals surface area contributed by atoms with Crippen LogP contribution in [0.4, 0.5) is 0 Å². The third-order valence-electron chi connectivity index (χ3n) is 7.89. The zero-order valence-electron chi connectivity index (χ0n) is 14.0. The Kier molecular flexibility index (Phi) is 3.54. The fourth-order valence-corrected chi connectivity index (χ4v) is 7.05. The fraction of sp³-hybridized carbons (Fsp3) is 0.842. The fourth-order valence-electron chi connectivity index (χ4n) is 6.63. The lowest BCUT2D eigenvalue weighted by Gasteiger charge is -2.57. The molecule has 0 radical (unpaired) electrons. The van der Waals surface area contributed by atoms with E-state index >= 15 is 0 Å². The number of carbonyl (C=O) groups excluding carboxylic acids is 1. The summed E-state index contributed by atoms with van der Waals surface area (Å²) in [4.78, 5) is 12.4. The SMILES string of the molecule is C[C@]12CC[C@H](O)C(Cl)=C1CC[C@H]1[C@@H]3[C@@H](O)CC(=O)[C@@]3(C)CC[C@@H]12. The number of Topliss-reactive ketones (excluding diaryl/α,β-unsaturated/α-hetero) is 1. The molecule has 2 N–H and O–H groups in total. The average molecular weight is 339 g/mol. The van der Waals surface area contributed by atoms with E-state index in [9.17, 15) is 15.0 Å². The van der Waals surface area contributed by atoms with E-state index in [2.05, 4.69) is 13.8 Å². The van der Waals surface area contributed by atoms with Crippen LogP contribution in [0.1, 0.15) is 58.8 Å². The molecule has 0 amide bonds. The van der Waals surface area contributed by atoms with Crippen molar-refractivity contribution in [1.82, 2.24) is 0 Å². The normalized spacial score (nSPS) is 52.9. The van der Waals surface area contributed by atoms with Gasteiger partial charge in [0.25, 0.3) is 0 Å². The number of hydrogen-bond donors (Lipinski definition) is 2. The zero-order valence-corrected chi connectivity index (χ0v) is 14.8. The summed E-state index contributed by atoms with van der Waals surface area (Å²) in [6.07, 6.45) is 4.88. The molecule has 3 saturated carbocycles. The highest BCUT2D eigenvalue weighted by molar-refractivity contribution is 6.30. The average Bonchev–Trinajstić information content (AvgIpc) is 2.73. The van der Waals surface area contributed by atoms with Crippen molar-refractivity contribution in [2.45, 2.75) is 71.0 Å². The molecule has 0 aliphatic heterocycles. The van der Waals surface area contributed by atoms with Gasteiger partial charge in [0.2, 0.25) is 0 Å². The van der Waals surface area contributed by atoms with Gasteiger partial charge in [-0.25, -0.2) is 0 Å². The van der Waals surface area contributed by atoms with Crippen molar-refractivity contribution >= 4 is 17.4 Å². The smallest absolute Gasteiger partial charge is 0.141 e. The first-order chi connectivity index (χ1) is 10.8. The second kappa shape index (κ2) is 5.06. The van der Waals surface area contributed by atoms with E-state index in [0.29, 0.717) is 23.3 Å². The van der Waals surface area contributed by atoms with Crippen LogP contribution in [0.15, 0.2) is 10.6 Å². The summed E-state index contributed by atoms with van der Waals surface area (Å²) in [6.45, 7) is 4.39. The first kappa shape index (κ1) is 16.1. The van der Waals surface area contributed by atoms with E-state index in [1.54, 1.807) is 0 Å². The largest absolute Gasteiger partial charge is 0.392 e. The Bertz CT molecular complexity index is 585. The minimum Gasteiger partial charge on any atom is -0.392 e. The quantitative estimate of drug-likeness (QED) is 0.711. The van der Waals surface area contributed by atoms with Crippen molar-refractivity contribution in [1.29, 1.82) is 0 Å². The van der Waals surface area contributed by atoms with Crippen molar-refractivity contribution < 1.29 is 15.0 Å². The number of ketones is 1. The van der Waals surface area contributed by atoms with Crippen LogP contribution in [0.2, 0.25) is 0 Å². The summed E-state index contributed by atoms with van der Waals surface area (Å²) in [5.41, 5.74) is 0.962. The van der Waals surface area contributed by atoms with Gasteiger partial charge in [-0.2, -0.15) is 0 Å². The third kappa shape index (κ3) is 1.99. The van der Waals surface area contributed by atoms with Gasteiger partial charge in [0, 0.05) is 22.8 Å². The Morgan fingerprint density at radius 1 is 1.09 bits per heavy atom.